The zero-order chi connectivity index (χ0) is 16.1. The topological polar surface area (TPSA) is 62.3 Å². The average Bonchev–Trinajstić information content (AvgIpc) is 2.99. The Kier molecular flexibility index (Phi) is 4.91. The Bertz CT molecular complexity index is 555. The van der Waals surface area contributed by atoms with Crippen LogP contribution in [0.15, 0.2) is 24.4 Å². The third kappa shape index (κ3) is 4.07. The number of pyridine rings is 1. The van der Waals surface area contributed by atoms with Crippen molar-refractivity contribution in [2.24, 2.45) is 0 Å². The molecule has 2 amide bonds. The molecule has 0 aromatic carbocycles. The number of rotatable bonds is 5. The molecule has 1 spiro atoms. The first-order valence-electron chi connectivity index (χ1n) is 8.46. The highest BCUT2D eigenvalue weighted by molar-refractivity contribution is 5.85. The fraction of sp³-hybridized carbons (Fsp3) is 0.588. The first kappa shape index (κ1) is 15.9. The van der Waals surface area contributed by atoms with E-state index in [-0.39, 0.29) is 18.4 Å². The van der Waals surface area contributed by atoms with Gasteiger partial charge >= 0.3 is 0 Å². The molecule has 0 radical (unpaired) electrons. The van der Waals surface area contributed by atoms with Gasteiger partial charge in [0.2, 0.25) is 5.91 Å². The van der Waals surface area contributed by atoms with E-state index in [0.717, 1.165) is 29.8 Å². The molecule has 0 saturated carbocycles. The predicted molar refractivity (Wildman–Crippen MR) is 86.5 cm³/mol. The minimum absolute atomic E-state index is 0.0795. The third-order valence-corrected chi connectivity index (χ3v) is 4.95. The Morgan fingerprint density at radius 3 is 2.78 bits per heavy atom. The summed E-state index contributed by atoms with van der Waals surface area (Å²) in [7, 11) is 0. The van der Waals surface area contributed by atoms with Crippen LogP contribution in [0.25, 0.3) is 0 Å². The molecule has 0 atom stereocenters. The van der Waals surface area contributed by atoms with Crippen LogP contribution in [0.1, 0.15) is 18.5 Å². The van der Waals surface area contributed by atoms with Crippen LogP contribution in [0.5, 0.6) is 0 Å². The summed E-state index contributed by atoms with van der Waals surface area (Å²) >= 11 is 0. The normalized spacial score (nSPS) is 20.0. The first-order valence-corrected chi connectivity index (χ1v) is 8.46. The molecular weight excluding hydrogens is 292 g/mol. The summed E-state index contributed by atoms with van der Waals surface area (Å²) in [4.78, 5) is 30.3. The van der Waals surface area contributed by atoms with Crippen LogP contribution in [-0.2, 0) is 16.0 Å². The zero-order valence-electron chi connectivity index (χ0n) is 13.5. The van der Waals surface area contributed by atoms with Crippen LogP contribution in [0, 0.1) is 0 Å². The number of quaternary nitrogens is 1. The standard InChI is InChI=1S/C17H24N4O2/c22-16(19-8-6-15-5-1-2-7-18-15)13-20-9-12-21(14-17(20)23)10-3-4-11-21/h1-2,5,7H,3-4,6,8-14H2/p+1. The average molecular weight is 317 g/mol. The van der Waals surface area contributed by atoms with E-state index in [9.17, 15) is 9.59 Å². The molecule has 2 aliphatic rings. The Morgan fingerprint density at radius 1 is 1.26 bits per heavy atom. The number of aromatic nitrogens is 1. The van der Waals surface area contributed by atoms with Crippen LogP contribution < -0.4 is 5.32 Å². The predicted octanol–water partition coefficient (Wildman–Crippen LogP) is 0.193. The van der Waals surface area contributed by atoms with E-state index in [4.69, 9.17) is 0 Å². The van der Waals surface area contributed by atoms with Gasteiger partial charge in [0.25, 0.3) is 5.91 Å². The minimum Gasteiger partial charge on any atom is -0.354 e. The molecule has 1 N–H and O–H groups in total. The van der Waals surface area contributed by atoms with Gasteiger partial charge in [-0.15, -0.1) is 0 Å². The van der Waals surface area contributed by atoms with Gasteiger partial charge in [-0.2, -0.15) is 0 Å². The van der Waals surface area contributed by atoms with E-state index >= 15 is 0 Å². The van der Waals surface area contributed by atoms with Crippen molar-refractivity contribution >= 4 is 11.8 Å². The molecule has 124 valence electrons. The van der Waals surface area contributed by atoms with Crippen molar-refractivity contribution in [3.8, 4) is 0 Å². The van der Waals surface area contributed by atoms with Gasteiger partial charge < -0.3 is 14.7 Å². The van der Waals surface area contributed by atoms with Crippen molar-refractivity contribution in [2.75, 3.05) is 45.8 Å². The van der Waals surface area contributed by atoms with Crippen molar-refractivity contribution < 1.29 is 14.1 Å². The van der Waals surface area contributed by atoms with Crippen molar-refractivity contribution in [2.45, 2.75) is 19.3 Å². The fourth-order valence-corrected chi connectivity index (χ4v) is 3.58. The molecule has 1 aromatic rings. The lowest BCUT2D eigenvalue weighted by Gasteiger charge is -2.41. The van der Waals surface area contributed by atoms with E-state index < -0.39 is 0 Å². The number of piperazine rings is 1. The molecular formula is C17H25N4O2+. The van der Waals surface area contributed by atoms with E-state index in [0.29, 0.717) is 26.1 Å². The largest absolute Gasteiger partial charge is 0.354 e. The van der Waals surface area contributed by atoms with Crippen molar-refractivity contribution in [1.29, 1.82) is 0 Å². The fourth-order valence-electron chi connectivity index (χ4n) is 3.58. The molecule has 0 bridgehead atoms. The molecule has 1 aromatic heterocycles. The highest BCUT2D eigenvalue weighted by Gasteiger charge is 2.40. The van der Waals surface area contributed by atoms with Crippen molar-refractivity contribution in [3.63, 3.8) is 0 Å². The van der Waals surface area contributed by atoms with E-state index in [1.165, 1.54) is 12.8 Å². The summed E-state index contributed by atoms with van der Waals surface area (Å²) in [5.41, 5.74) is 0.960. The molecule has 6 heteroatoms. The molecule has 0 aliphatic carbocycles. The first-order chi connectivity index (χ1) is 11.2. The number of hydrogen-bond donors (Lipinski definition) is 1. The Morgan fingerprint density at radius 2 is 2.09 bits per heavy atom. The second-order valence-corrected chi connectivity index (χ2v) is 6.61. The molecule has 3 rings (SSSR count). The maximum Gasteiger partial charge on any atom is 0.278 e. The van der Waals surface area contributed by atoms with Crippen molar-refractivity contribution in [1.82, 2.24) is 15.2 Å². The lowest BCUT2D eigenvalue weighted by atomic mass is 10.2. The summed E-state index contributed by atoms with van der Waals surface area (Å²) in [6, 6.07) is 5.76. The number of nitrogens with zero attached hydrogens (tertiary/aromatic N) is 3. The van der Waals surface area contributed by atoms with E-state index in [1.54, 1.807) is 11.1 Å². The zero-order valence-corrected chi connectivity index (χ0v) is 13.5. The van der Waals surface area contributed by atoms with Gasteiger partial charge in [-0.3, -0.25) is 14.6 Å². The number of amides is 2. The summed E-state index contributed by atoms with van der Waals surface area (Å²) in [6.45, 7) is 5.24. The molecule has 0 unspecified atom stereocenters. The SMILES string of the molecule is O=C(CN1CC[N+]2(CCCC2)CC1=O)NCCc1ccccn1. The lowest BCUT2D eigenvalue weighted by Crippen LogP contribution is -2.61. The van der Waals surface area contributed by atoms with E-state index in [1.807, 2.05) is 18.2 Å². The molecule has 3 heterocycles. The summed E-state index contributed by atoms with van der Waals surface area (Å²) in [5, 5.41) is 2.88. The summed E-state index contributed by atoms with van der Waals surface area (Å²) in [5.74, 6) is 0.0437. The van der Waals surface area contributed by atoms with Gasteiger partial charge in [-0.05, 0) is 12.1 Å². The second-order valence-electron chi connectivity index (χ2n) is 6.61. The number of carbonyl (C=O) groups excluding carboxylic acids is 2. The highest BCUT2D eigenvalue weighted by atomic mass is 16.2. The van der Waals surface area contributed by atoms with Gasteiger partial charge in [-0.25, -0.2) is 0 Å². The molecule has 23 heavy (non-hydrogen) atoms. The number of carbonyl (C=O) groups is 2. The van der Waals surface area contributed by atoms with Gasteiger partial charge in [0.15, 0.2) is 6.54 Å². The summed E-state index contributed by atoms with van der Waals surface area (Å²) < 4.78 is 0.941. The van der Waals surface area contributed by atoms with Crippen molar-refractivity contribution in [3.05, 3.63) is 30.1 Å². The van der Waals surface area contributed by atoms with Gasteiger partial charge in [-0.1, -0.05) is 6.07 Å². The lowest BCUT2D eigenvalue weighted by molar-refractivity contribution is -0.912. The number of nitrogens with one attached hydrogen (secondary N) is 1. The van der Waals surface area contributed by atoms with Gasteiger partial charge in [0.1, 0.15) is 0 Å². The summed E-state index contributed by atoms with van der Waals surface area (Å²) in [6.07, 6.45) is 4.91. The van der Waals surface area contributed by atoms with Crippen LogP contribution in [-0.4, -0.2) is 72.0 Å². The Hall–Kier alpha value is -1.95. The Balaban J connectivity index is 1.41. The van der Waals surface area contributed by atoms with Gasteiger partial charge in [0, 0.05) is 37.7 Å². The van der Waals surface area contributed by atoms with Crippen LogP contribution in [0.2, 0.25) is 0 Å². The molecule has 2 saturated heterocycles. The highest BCUT2D eigenvalue weighted by Crippen LogP contribution is 2.22. The second kappa shape index (κ2) is 7.08. The third-order valence-electron chi connectivity index (χ3n) is 4.95. The molecule has 2 fully saturated rings. The maximum atomic E-state index is 12.3. The van der Waals surface area contributed by atoms with Crippen LogP contribution in [0.3, 0.4) is 0 Å². The van der Waals surface area contributed by atoms with Crippen LogP contribution in [0.4, 0.5) is 0 Å². The van der Waals surface area contributed by atoms with Crippen LogP contribution >= 0.6 is 0 Å². The Labute approximate surface area is 137 Å². The molecule has 6 nitrogen and oxygen atoms in total. The van der Waals surface area contributed by atoms with Gasteiger partial charge in [0.05, 0.1) is 32.7 Å². The maximum absolute atomic E-state index is 12.3. The minimum atomic E-state index is -0.0795. The monoisotopic (exact) mass is 317 g/mol. The van der Waals surface area contributed by atoms with E-state index in [2.05, 4.69) is 10.3 Å². The number of hydrogen-bond acceptors (Lipinski definition) is 3. The quantitative estimate of drug-likeness (QED) is 0.789. The molecule has 2 aliphatic heterocycles. The smallest absolute Gasteiger partial charge is 0.278 e.